The van der Waals surface area contributed by atoms with Gasteiger partial charge in [-0.15, -0.1) is 0 Å². The Morgan fingerprint density at radius 1 is 0.389 bits per heavy atom. The highest BCUT2D eigenvalue weighted by Crippen LogP contribution is 2.24. The van der Waals surface area contributed by atoms with Crippen molar-refractivity contribution in [3.05, 3.63) is 109 Å². The van der Waals surface area contributed by atoms with Gasteiger partial charge in [-0.3, -0.25) is 4.79 Å². The average Bonchev–Trinajstić information content (AvgIpc) is 1.28. The normalized spacial score (nSPS) is 18.4. The Morgan fingerprint density at radius 3 is 1.02 bits per heavy atom. The molecule has 0 spiro atoms. The monoisotopic (exact) mass is 1260 g/mol. The Balaban J connectivity index is 2.12. The van der Waals surface area contributed by atoms with Gasteiger partial charge in [0, 0.05) is 6.42 Å². The molecule has 520 valence electrons. The molecule has 1 aliphatic heterocycles. The summed E-state index contributed by atoms with van der Waals surface area (Å²) in [6.07, 6.45) is 94.5. The van der Waals surface area contributed by atoms with Gasteiger partial charge in [0.15, 0.2) is 6.29 Å². The number of nitrogens with one attached hydrogen (secondary N) is 1. The zero-order chi connectivity index (χ0) is 64.9. The van der Waals surface area contributed by atoms with Crippen LogP contribution in [-0.4, -0.2) is 87.5 Å². The maximum absolute atomic E-state index is 13.2. The molecule has 9 nitrogen and oxygen atoms in total. The minimum atomic E-state index is -1.56. The van der Waals surface area contributed by atoms with Crippen LogP contribution in [0.1, 0.15) is 341 Å². The van der Waals surface area contributed by atoms with Gasteiger partial charge in [-0.1, -0.05) is 361 Å². The minimum Gasteiger partial charge on any atom is -0.394 e. The van der Waals surface area contributed by atoms with E-state index < -0.39 is 49.5 Å². The van der Waals surface area contributed by atoms with Crippen LogP contribution >= 0.6 is 0 Å². The summed E-state index contributed by atoms with van der Waals surface area (Å²) < 4.78 is 11.4. The fourth-order valence-corrected chi connectivity index (χ4v) is 11.7. The molecule has 1 heterocycles. The third kappa shape index (κ3) is 56.4. The van der Waals surface area contributed by atoms with Crippen molar-refractivity contribution in [3.8, 4) is 0 Å². The summed E-state index contributed by atoms with van der Waals surface area (Å²) in [6.45, 7) is 3.75. The van der Waals surface area contributed by atoms with E-state index in [1.165, 1.54) is 205 Å². The Morgan fingerprint density at radius 2 is 0.689 bits per heavy atom. The van der Waals surface area contributed by atoms with E-state index >= 15 is 0 Å². The highest BCUT2D eigenvalue weighted by Gasteiger charge is 2.44. The largest absolute Gasteiger partial charge is 0.394 e. The molecule has 7 atom stereocenters. The topological polar surface area (TPSA) is 149 Å². The van der Waals surface area contributed by atoms with Gasteiger partial charge >= 0.3 is 0 Å². The van der Waals surface area contributed by atoms with E-state index in [2.05, 4.69) is 129 Å². The van der Waals surface area contributed by atoms with Gasteiger partial charge in [0.2, 0.25) is 5.91 Å². The highest BCUT2D eigenvalue weighted by molar-refractivity contribution is 5.76. The van der Waals surface area contributed by atoms with Crippen molar-refractivity contribution in [1.29, 1.82) is 0 Å². The lowest BCUT2D eigenvalue weighted by molar-refractivity contribution is -0.302. The van der Waals surface area contributed by atoms with Crippen LogP contribution in [0.3, 0.4) is 0 Å². The zero-order valence-corrected chi connectivity index (χ0v) is 58.4. The van der Waals surface area contributed by atoms with E-state index in [-0.39, 0.29) is 12.5 Å². The summed E-state index contributed by atoms with van der Waals surface area (Å²) >= 11 is 0. The SMILES string of the molecule is CC/C=C\C/C=C\C/C=C\C/C=C\C/C=C\C/C=C\C/C=C\C/C=C\C/C=C\CCCCCCCCCC(=O)NC(COC1OC(CO)C(O)C(O)C1O)C(O)CCCCCCCCCCCCCCCCCCCCCCCCCCCCCCCCCC. The summed E-state index contributed by atoms with van der Waals surface area (Å²) in [5.74, 6) is -0.155. The van der Waals surface area contributed by atoms with Crippen LogP contribution in [0.4, 0.5) is 0 Å². The lowest BCUT2D eigenvalue weighted by Gasteiger charge is -2.40. The number of unbranched alkanes of at least 4 members (excludes halogenated alkanes) is 38. The molecule has 9 heteroatoms. The summed E-state index contributed by atoms with van der Waals surface area (Å²) in [4.78, 5) is 13.2. The van der Waals surface area contributed by atoms with Crippen LogP contribution in [0.2, 0.25) is 0 Å². The van der Waals surface area contributed by atoms with Crippen LogP contribution in [0.15, 0.2) is 109 Å². The Labute approximate surface area is 555 Å². The summed E-state index contributed by atoms with van der Waals surface area (Å²) in [7, 11) is 0. The molecule has 7 unspecified atom stereocenters. The molecule has 0 aromatic carbocycles. The van der Waals surface area contributed by atoms with Crippen molar-refractivity contribution in [2.24, 2.45) is 0 Å². The van der Waals surface area contributed by atoms with Gasteiger partial charge in [0.1, 0.15) is 24.4 Å². The van der Waals surface area contributed by atoms with Crippen LogP contribution in [-0.2, 0) is 14.3 Å². The van der Waals surface area contributed by atoms with E-state index in [0.717, 1.165) is 109 Å². The second-order valence-corrected chi connectivity index (χ2v) is 26.1. The number of allylic oxidation sites excluding steroid dienone is 18. The van der Waals surface area contributed by atoms with Crippen molar-refractivity contribution in [2.75, 3.05) is 13.2 Å². The summed E-state index contributed by atoms with van der Waals surface area (Å²) in [5.41, 5.74) is 0. The maximum Gasteiger partial charge on any atom is 0.220 e. The lowest BCUT2D eigenvalue weighted by atomic mass is 9.99. The number of carbonyl (C=O) groups excluding carboxylic acids is 1. The molecule has 0 aliphatic carbocycles. The molecule has 0 aromatic rings. The smallest absolute Gasteiger partial charge is 0.220 e. The number of rotatable bonds is 66. The second-order valence-electron chi connectivity index (χ2n) is 26.1. The molecule has 90 heavy (non-hydrogen) atoms. The van der Waals surface area contributed by atoms with Crippen molar-refractivity contribution < 1.29 is 39.8 Å². The average molecular weight is 1260 g/mol. The van der Waals surface area contributed by atoms with Crippen LogP contribution in [0.25, 0.3) is 0 Å². The number of hydrogen-bond acceptors (Lipinski definition) is 8. The zero-order valence-electron chi connectivity index (χ0n) is 58.4. The number of hydrogen-bond donors (Lipinski definition) is 6. The predicted molar refractivity (Wildman–Crippen MR) is 387 cm³/mol. The third-order valence-corrected chi connectivity index (χ3v) is 17.6. The molecular weight excluding hydrogens is 1110 g/mol. The number of ether oxygens (including phenoxy) is 2. The van der Waals surface area contributed by atoms with Crippen molar-refractivity contribution in [3.63, 3.8) is 0 Å². The molecule has 6 N–H and O–H groups in total. The molecule has 0 aromatic heterocycles. The quantitative estimate of drug-likeness (QED) is 0.0261. The van der Waals surface area contributed by atoms with Crippen molar-refractivity contribution >= 4 is 5.91 Å². The molecule has 0 bridgehead atoms. The van der Waals surface area contributed by atoms with Gasteiger partial charge in [0.05, 0.1) is 25.4 Å². The summed E-state index contributed by atoms with van der Waals surface area (Å²) in [6, 6.07) is -0.736. The molecule has 0 radical (unpaired) electrons. The first kappa shape index (κ1) is 84.9. The van der Waals surface area contributed by atoms with Gasteiger partial charge in [-0.2, -0.15) is 0 Å². The van der Waals surface area contributed by atoms with Gasteiger partial charge < -0.3 is 40.3 Å². The fraction of sp³-hybridized carbons (Fsp3) is 0.765. The third-order valence-electron chi connectivity index (χ3n) is 17.6. The van der Waals surface area contributed by atoms with Crippen molar-refractivity contribution in [2.45, 2.75) is 384 Å². The first-order chi connectivity index (χ1) is 44.3. The van der Waals surface area contributed by atoms with E-state index in [0.29, 0.717) is 12.8 Å². The predicted octanol–water partition coefficient (Wildman–Crippen LogP) is 21.6. The van der Waals surface area contributed by atoms with Gasteiger partial charge in [-0.25, -0.2) is 0 Å². The van der Waals surface area contributed by atoms with Crippen LogP contribution in [0, 0.1) is 0 Å². The number of amides is 1. The molecular formula is C81H143NO8. The first-order valence-corrected chi connectivity index (χ1v) is 38.1. The molecule has 1 saturated heterocycles. The standard InChI is InChI=1S/C81H143NO8/c1-3-5-7-9-11-13-15-17-19-21-23-25-27-29-31-33-35-37-38-39-41-43-45-47-49-51-53-55-57-59-61-63-65-67-69-71-77(85)82-74(73-89-81-80(88)79(87)78(86)76(72-83)90-81)75(84)70-68-66-64-62-60-58-56-54-52-50-48-46-44-42-40-36-34-32-30-28-26-24-22-20-18-16-14-12-10-8-6-4-2/h5,7,11,13,17,19,23,25,29,31,35,37,39,41,45,47,51,53,74-76,78-81,83-84,86-88H,3-4,6,8-10,12,14-16,18,20-22,24,26-28,30,32-34,36,38,40,42-44,46,48-50,52,54-73H2,1-2H3,(H,82,85)/b7-5-,13-11-,19-17-,25-23-,31-29-,37-35-,41-39-,47-45-,53-51-. The Bertz CT molecular complexity index is 1800. The highest BCUT2D eigenvalue weighted by atomic mass is 16.7. The first-order valence-electron chi connectivity index (χ1n) is 38.1. The second kappa shape index (κ2) is 68.7. The van der Waals surface area contributed by atoms with Gasteiger partial charge in [-0.05, 0) is 83.5 Å². The molecule has 0 saturated carbocycles. The van der Waals surface area contributed by atoms with Crippen molar-refractivity contribution in [1.82, 2.24) is 5.32 Å². The molecule has 1 amide bonds. The molecule has 1 rings (SSSR count). The van der Waals surface area contributed by atoms with E-state index in [4.69, 9.17) is 9.47 Å². The number of aliphatic hydroxyl groups is 5. The number of aliphatic hydroxyl groups excluding tert-OH is 5. The fourth-order valence-electron chi connectivity index (χ4n) is 11.7. The maximum atomic E-state index is 13.2. The summed E-state index contributed by atoms with van der Waals surface area (Å²) in [5, 5.41) is 55.0. The molecule has 1 fully saturated rings. The van der Waals surface area contributed by atoms with E-state index in [9.17, 15) is 30.3 Å². The van der Waals surface area contributed by atoms with Crippen LogP contribution in [0.5, 0.6) is 0 Å². The number of carbonyl (C=O) groups is 1. The van der Waals surface area contributed by atoms with E-state index in [1.807, 2.05) is 0 Å². The van der Waals surface area contributed by atoms with Crippen LogP contribution < -0.4 is 5.32 Å². The van der Waals surface area contributed by atoms with E-state index in [1.54, 1.807) is 0 Å². The van der Waals surface area contributed by atoms with Gasteiger partial charge in [0.25, 0.3) is 0 Å². The minimum absolute atomic E-state index is 0.147. The Hall–Kier alpha value is -3.15. The Kier molecular flexibility index (Phi) is 64.8. The lowest BCUT2D eigenvalue weighted by Crippen LogP contribution is -2.60. The molecule has 1 aliphatic rings.